The van der Waals surface area contributed by atoms with Crippen LogP contribution in [0.4, 0.5) is 0 Å². The summed E-state index contributed by atoms with van der Waals surface area (Å²) in [6.45, 7) is 8.24. The Bertz CT molecular complexity index is 780. The molecule has 0 aromatic heterocycles. The van der Waals surface area contributed by atoms with Gasteiger partial charge in [0.05, 0.1) is 0 Å². The first-order valence-electron chi connectivity index (χ1n) is 10.1. The zero-order valence-corrected chi connectivity index (χ0v) is 16.9. The Morgan fingerprint density at radius 3 is 2.50 bits per heavy atom. The Morgan fingerprint density at radius 2 is 1.82 bits per heavy atom. The molecule has 1 atom stereocenters. The maximum Gasteiger partial charge on any atom is 0.263 e. The molecule has 1 amide bonds. The molecule has 1 saturated heterocycles. The van der Waals surface area contributed by atoms with E-state index in [2.05, 4.69) is 29.2 Å². The molecule has 0 aliphatic carbocycles. The van der Waals surface area contributed by atoms with Crippen LogP contribution in [0.2, 0.25) is 0 Å². The van der Waals surface area contributed by atoms with Crippen molar-refractivity contribution in [3.8, 4) is 5.75 Å². The summed E-state index contributed by atoms with van der Waals surface area (Å²) in [5.41, 5.74) is 2.35. The number of benzene rings is 2. The maximum absolute atomic E-state index is 12.9. The summed E-state index contributed by atoms with van der Waals surface area (Å²) in [6, 6.07) is 18.2. The fourth-order valence-electron chi connectivity index (χ4n) is 3.42. The average Bonchev–Trinajstić information content (AvgIpc) is 2.73. The Hall–Kier alpha value is -2.59. The number of rotatable bonds is 7. The van der Waals surface area contributed by atoms with Crippen molar-refractivity contribution in [1.82, 2.24) is 9.80 Å². The maximum atomic E-state index is 12.9. The van der Waals surface area contributed by atoms with Gasteiger partial charge in [-0.05, 0) is 36.6 Å². The van der Waals surface area contributed by atoms with E-state index in [4.69, 9.17) is 4.74 Å². The normalized spacial score (nSPS) is 16.3. The zero-order chi connectivity index (χ0) is 19.8. The largest absolute Gasteiger partial charge is 0.481 e. The first-order chi connectivity index (χ1) is 13.7. The predicted molar refractivity (Wildman–Crippen MR) is 114 cm³/mol. The van der Waals surface area contributed by atoms with E-state index in [9.17, 15) is 4.79 Å². The molecule has 148 valence electrons. The Kier molecular flexibility index (Phi) is 7.26. The minimum atomic E-state index is -0.411. The predicted octanol–water partition coefficient (Wildman–Crippen LogP) is 4.01. The number of hydrogen-bond acceptors (Lipinski definition) is 3. The standard InChI is InChI=1S/C24H30N2O2/c1-3-23(28-22-13-7-9-20(2)19-22)24(27)26-17-15-25(16-18-26)14-8-12-21-10-5-4-6-11-21/h4-13,19,23H,3,14-18H2,1-2H3/b12-8+/t23-/m1/s1. The number of carbonyl (C=O) groups is 1. The molecule has 1 fully saturated rings. The number of carbonyl (C=O) groups excluding carboxylic acids is 1. The lowest BCUT2D eigenvalue weighted by atomic mass is 10.2. The highest BCUT2D eigenvalue weighted by molar-refractivity contribution is 5.81. The minimum absolute atomic E-state index is 0.100. The molecular weight excluding hydrogens is 348 g/mol. The van der Waals surface area contributed by atoms with Crippen LogP contribution in [0.1, 0.15) is 24.5 Å². The van der Waals surface area contributed by atoms with E-state index in [1.54, 1.807) is 0 Å². The molecule has 0 saturated carbocycles. The third-order valence-corrected chi connectivity index (χ3v) is 5.07. The fraction of sp³-hybridized carbons (Fsp3) is 0.375. The van der Waals surface area contributed by atoms with Crippen LogP contribution in [0.3, 0.4) is 0 Å². The van der Waals surface area contributed by atoms with Crippen molar-refractivity contribution >= 4 is 12.0 Å². The van der Waals surface area contributed by atoms with Gasteiger partial charge in [0.1, 0.15) is 5.75 Å². The van der Waals surface area contributed by atoms with Crippen molar-refractivity contribution in [2.45, 2.75) is 26.4 Å². The van der Waals surface area contributed by atoms with Gasteiger partial charge in [0.2, 0.25) is 0 Å². The fourth-order valence-corrected chi connectivity index (χ4v) is 3.42. The van der Waals surface area contributed by atoms with Crippen molar-refractivity contribution in [2.75, 3.05) is 32.7 Å². The van der Waals surface area contributed by atoms with Crippen LogP contribution >= 0.6 is 0 Å². The lowest BCUT2D eigenvalue weighted by Crippen LogP contribution is -2.52. The second-order valence-corrected chi connectivity index (χ2v) is 7.27. The SMILES string of the molecule is CC[C@@H](Oc1cccc(C)c1)C(=O)N1CCN(C/C=C/c2ccccc2)CC1. The Morgan fingerprint density at radius 1 is 1.07 bits per heavy atom. The van der Waals surface area contributed by atoms with Crippen molar-refractivity contribution < 1.29 is 9.53 Å². The average molecular weight is 379 g/mol. The Balaban J connectivity index is 1.47. The van der Waals surface area contributed by atoms with Crippen molar-refractivity contribution in [3.05, 3.63) is 71.8 Å². The van der Waals surface area contributed by atoms with Gasteiger partial charge in [0.25, 0.3) is 5.91 Å². The first-order valence-corrected chi connectivity index (χ1v) is 10.1. The summed E-state index contributed by atoms with van der Waals surface area (Å²) in [5.74, 6) is 0.869. The second kappa shape index (κ2) is 10.1. The quantitative estimate of drug-likeness (QED) is 0.730. The highest BCUT2D eigenvalue weighted by Gasteiger charge is 2.27. The van der Waals surface area contributed by atoms with E-state index in [-0.39, 0.29) is 5.91 Å². The van der Waals surface area contributed by atoms with Gasteiger partial charge in [-0.2, -0.15) is 0 Å². The Labute approximate surface area is 168 Å². The van der Waals surface area contributed by atoms with Gasteiger partial charge in [-0.15, -0.1) is 0 Å². The molecule has 1 aliphatic rings. The van der Waals surface area contributed by atoms with E-state index in [0.29, 0.717) is 6.42 Å². The third kappa shape index (κ3) is 5.70. The molecule has 0 radical (unpaired) electrons. The van der Waals surface area contributed by atoms with Gasteiger partial charge in [-0.3, -0.25) is 9.69 Å². The van der Waals surface area contributed by atoms with E-state index >= 15 is 0 Å². The molecule has 1 heterocycles. The molecule has 4 nitrogen and oxygen atoms in total. The minimum Gasteiger partial charge on any atom is -0.481 e. The van der Waals surface area contributed by atoms with Crippen LogP contribution in [-0.2, 0) is 4.79 Å². The van der Waals surface area contributed by atoms with Gasteiger partial charge in [0.15, 0.2) is 6.10 Å². The molecule has 1 aliphatic heterocycles. The topological polar surface area (TPSA) is 32.8 Å². The summed E-state index contributed by atoms with van der Waals surface area (Å²) in [5, 5.41) is 0. The first kappa shape index (κ1) is 20.2. The van der Waals surface area contributed by atoms with Crippen LogP contribution in [-0.4, -0.2) is 54.5 Å². The monoisotopic (exact) mass is 378 g/mol. The summed E-state index contributed by atoms with van der Waals surface area (Å²) >= 11 is 0. The lowest BCUT2D eigenvalue weighted by molar-refractivity contribution is -0.140. The number of nitrogens with zero attached hydrogens (tertiary/aromatic N) is 2. The second-order valence-electron chi connectivity index (χ2n) is 7.27. The van der Waals surface area contributed by atoms with E-state index < -0.39 is 6.10 Å². The van der Waals surface area contributed by atoms with Crippen molar-refractivity contribution in [1.29, 1.82) is 0 Å². The van der Waals surface area contributed by atoms with Gasteiger partial charge in [0, 0.05) is 32.7 Å². The number of hydrogen-bond donors (Lipinski definition) is 0. The number of aryl methyl sites for hydroxylation is 1. The highest BCUT2D eigenvalue weighted by Crippen LogP contribution is 2.17. The summed E-state index contributed by atoms with van der Waals surface area (Å²) in [4.78, 5) is 17.2. The van der Waals surface area contributed by atoms with Gasteiger partial charge < -0.3 is 9.64 Å². The van der Waals surface area contributed by atoms with Crippen LogP contribution in [0.25, 0.3) is 6.08 Å². The summed E-state index contributed by atoms with van der Waals surface area (Å²) in [6.07, 6.45) is 4.61. The highest BCUT2D eigenvalue weighted by atomic mass is 16.5. The molecular formula is C24H30N2O2. The molecule has 2 aromatic carbocycles. The molecule has 28 heavy (non-hydrogen) atoms. The van der Waals surface area contributed by atoms with Crippen LogP contribution in [0.5, 0.6) is 5.75 Å². The van der Waals surface area contributed by atoms with Gasteiger partial charge in [-0.1, -0.05) is 61.5 Å². The third-order valence-electron chi connectivity index (χ3n) is 5.07. The molecule has 0 N–H and O–H groups in total. The van der Waals surface area contributed by atoms with Gasteiger partial charge in [-0.25, -0.2) is 0 Å². The number of piperazine rings is 1. The number of amides is 1. The molecule has 2 aromatic rings. The van der Waals surface area contributed by atoms with E-state index in [0.717, 1.165) is 44.0 Å². The van der Waals surface area contributed by atoms with Crippen LogP contribution in [0, 0.1) is 6.92 Å². The van der Waals surface area contributed by atoms with Crippen molar-refractivity contribution in [2.24, 2.45) is 0 Å². The smallest absolute Gasteiger partial charge is 0.263 e. The lowest BCUT2D eigenvalue weighted by Gasteiger charge is -2.35. The molecule has 0 bridgehead atoms. The van der Waals surface area contributed by atoms with Crippen LogP contribution in [0.15, 0.2) is 60.7 Å². The van der Waals surface area contributed by atoms with Gasteiger partial charge >= 0.3 is 0 Å². The van der Waals surface area contributed by atoms with E-state index in [1.165, 1.54) is 5.56 Å². The summed E-state index contributed by atoms with van der Waals surface area (Å²) < 4.78 is 5.98. The summed E-state index contributed by atoms with van der Waals surface area (Å²) in [7, 11) is 0. The molecule has 3 rings (SSSR count). The van der Waals surface area contributed by atoms with Crippen molar-refractivity contribution in [3.63, 3.8) is 0 Å². The molecule has 4 heteroatoms. The zero-order valence-electron chi connectivity index (χ0n) is 16.9. The van der Waals surface area contributed by atoms with Crippen LogP contribution < -0.4 is 4.74 Å². The molecule has 0 spiro atoms. The molecule has 0 unspecified atom stereocenters. The number of ether oxygens (including phenoxy) is 1. The van der Waals surface area contributed by atoms with E-state index in [1.807, 2.05) is 61.2 Å².